The molecule has 0 atom stereocenters. The zero-order chi connectivity index (χ0) is 22.8. The molecular formula is C25H31N5O3. The average Bonchev–Trinajstić information content (AvgIpc) is 3.24. The number of carbonyl (C=O) groups is 1. The average molecular weight is 450 g/mol. The molecule has 2 aliphatic rings. The van der Waals surface area contributed by atoms with Crippen LogP contribution in [0.25, 0.3) is 22.6 Å². The summed E-state index contributed by atoms with van der Waals surface area (Å²) >= 11 is 0. The van der Waals surface area contributed by atoms with E-state index in [1.54, 1.807) is 0 Å². The first-order valence-electron chi connectivity index (χ1n) is 11.9. The van der Waals surface area contributed by atoms with E-state index in [0.717, 1.165) is 85.5 Å². The number of hydrogen-bond donors (Lipinski definition) is 2. The number of H-pyrrole nitrogens is 1. The summed E-state index contributed by atoms with van der Waals surface area (Å²) in [4.78, 5) is 30.2. The Bertz CT molecular complexity index is 1100. The Labute approximate surface area is 193 Å². The third-order valence-corrected chi connectivity index (χ3v) is 6.90. The number of aryl methyl sites for hydroxylation is 1. The molecule has 0 radical (unpaired) electrons. The quantitative estimate of drug-likeness (QED) is 0.576. The van der Waals surface area contributed by atoms with Crippen LogP contribution in [0.3, 0.4) is 0 Å². The lowest BCUT2D eigenvalue weighted by molar-refractivity contribution is -0.138. The fourth-order valence-corrected chi connectivity index (χ4v) is 5.07. The molecule has 1 saturated carbocycles. The predicted molar refractivity (Wildman–Crippen MR) is 126 cm³/mol. The van der Waals surface area contributed by atoms with Gasteiger partial charge >= 0.3 is 5.97 Å². The fourth-order valence-electron chi connectivity index (χ4n) is 5.07. The third kappa shape index (κ3) is 5.16. The summed E-state index contributed by atoms with van der Waals surface area (Å²) in [6.07, 6.45) is 10.4. The standard InChI is InChI=1S/C25H31N5O3/c1-16-12-21-25(27-14-16)29-24(28-21)18-4-7-22(26-15-18)30-10-8-20(9-11-30)33-19-5-2-17(3-6-19)13-23(31)32/h4,7,12,14-15,17,19-20H,2-3,5-6,8-11,13H2,1H3,(H,31,32)(H,27,28,29). The lowest BCUT2D eigenvalue weighted by Crippen LogP contribution is -2.39. The maximum atomic E-state index is 10.9. The van der Waals surface area contributed by atoms with Crippen LogP contribution in [0, 0.1) is 12.8 Å². The highest BCUT2D eigenvalue weighted by molar-refractivity contribution is 5.76. The fraction of sp³-hybridized carbons (Fsp3) is 0.520. The van der Waals surface area contributed by atoms with Crippen molar-refractivity contribution >= 4 is 23.0 Å². The highest BCUT2D eigenvalue weighted by Gasteiger charge is 2.28. The van der Waals surface area contributed by atoms with Crippen LogP contribution in [0.1, 0.15) is 50.5 Å². The van der Waals surface area contributed by atoms with E-state index >= 15 is 0 Å². The SMILES string of the molecule is Cc1cnc2nc(-c3ccc(N4CCC(OC5CCC(CC(=O)O)CC5)CC4)nc3)[nH]c2c1. The highest BCUT2D eigenvalue weighted by atomic mass is 16.5. The molecule has 1 aliphatic heterocycles. The van der Waals surface area contributed by atoms with Crippen LogP contribution in [0.2, 0.25) is 0 Å². The summed E-state index contributed by atoms with van der Waals surface area (Å²) in [5, 5.41) is 8.98. The van der Waals surface area contributed by atoms with Gasteiger partial charge in [0.2, 0.25) is 0 Å². The summed E-state index contributed by atoms with van der Waals surface area (Å²) < 4.78 is 6.37. The largest absolute Gasteiger partial charge is 0.481 e. The molecule has 8 heteroatoms. The number of fused-ring (bicyclic) bond motifs is 1. The van der Waals surface area contributed by atoms with Crippen LogP contribution in [-0.4, -0.2) is 56.3 Å². The van der Waals surface area contributed by atoms with E-state index in [9.17, 15) is 4.79 Å². The van der Waals surface area contributed by atoms with E-state index in [1.807, 2.05) is 19.3 Å². The number of hydrogen-bond acceptors (Lipinski definition) is 6. The first-order valence-corrected chi connectivity index (χ1v) is 11.9. The Morgan fingerprint density at radius 3 is 2.55 bits per heavy atom. The molecule has 2 N–H and O–H groups in total. The number of ether oxygens (including phenoxy) is 1. The molecule has 2 fully saturated rings. The molecule has 33 heavy (non-hydrogen) atoms. The molecule has 174 valence electrons. The van der Waals surface area contributed by atoms with E-state index in [0.29, 0.717) is 12.3 Å². The normalized spacial score (nSPS) is 22.0. The number of carboxylic acids is 1. The summed E-state index contributed by atoms with van der Waals surface area (Å²) in [5.74, 6) is 1.40. The van der Waals surface area contributed by atoms with E-state index in [1.165, 1.54) is 0 Å². The maximum Gasteiger partial charge on any atom is 0.303 e. The molecular weight excluding hydrogens is 418 g/mol. The highest BCUT2D eigenvalue weighted by Crippen LogP contribution is 2.31. The monoisotopic (exact) mass is 449 g/mol. The number of nitrogens with zero attached hydrogens (tertiary/aromatic N) is 4. The number of anilines is 1. The van der Waals surface area contributed by atoms with Gasteiger partial charge in [0.05, 0.1) is 17.7 Å². The molecule has 3 aromatic heterocycles. The molecule has 8 nitrogen and oxygen atoms in total. The van der Waals surface area contributed by atoms with E-state index in [-0.39, 0.29) is 12.2 Å². The minimum absolute atomic E-state index is 0.283. The predicted octanol–water partition coefficient (Wildman–Crippen LogP) is 4.35. The summed E-state index contributed by atoms with van der Waals surface area (Å²) in [7, 11) is 0. The number of imidazole rings is 1. The van der Waals surface area contributed by atoms with Gasteiger partial charge in [0.25, 0.3) is 0 Å². The molecule has 0 bridgehead atoms. The van der Waals surface area contributed by atoms with Crippen molar-refractivity contribution < 1.29 is 14.6 Å². The minimum Gasteiger partial charge on any atom is -0.481 e. The Morgan fingerprint density at radius 1 is 1.09 bits per heavy atom. The van der Waals surface area contributed by atoms with Crippen molar-refractivity contribution in [3.05, 3.63) is 36.2 Å². The molecule has 0 aromatic carbocycles. The minimum atomic E-state index is -0.682. The molecule has 4 heterocycles. The zero-order valence-corrected chi connectivity index (χ0v) is 19.0. The van der Waals surface area contributed by atoms with Gasteiger partial charge in [-0.1, -0.05) is 0 Å². The van der Waals surface area contributed by atoms with Crippen LogP contribution in [-0.2, 0) is 9.53 Å². The van der Waals surface area contributed by atoms with E-state index in [2.05, 4.69) is 38.1 Å². The van der Waals surface area contributed by atoms with Crippen LogP contribution in [0.4, 0.5) is 5.82 Å². The van der Waals surface area contributed by atoms with Crippen molar-refractivity contribution in [3.8, 4) is 11.4 Å². The molecule has 1 aliphatic carbocycles. The lowest BCUT2D eigenvalue weighted by atomic mass is 9.85. The molecule has 0 spiro atoms. The lowest BCUT2D eigenvalue weighted by Gasteiger charge is -2.36. The first kappa shape index (κ1) is 21.8. The number of aliphatic carboxylic acids is 1. The number of aromatic nitrogens is 4. The van der Waals surface area contributed by atoms with Gasteiger partial charge in [0, 0.05) is 37.5 Å². The van der Waals surface area contributed by atoms with Crippen molar-refractivity contribution in [2.75, 3.05) is 18.0 Å². The summed E-state index contributed by atoms with van der Waals surface area (Å²) in [6, 6.07) is 6.17. The topological polar surface area (TPSA) is 104 Å². The van der Waals surface area contributed by atoms with Gasteiger partial charge in [-0.3, -0.25) is 4.79 Å². The molecule has 0 unspecified atom stereocenters. The van der Waals surface area contributed by atoms with E-state index < -0.39 is 5.97 Å². The second-order valence-electron chi connectivity index (χ2n) is 9.44. The van der Waals surface area contributed by atoms with Crippen LogP contribution in [0.5, 0.6) is 0 Å². The Hall–Kier alpha value is -3.00. The molecule has 3 aromatic rings. The van der Waals surface area contributed by atoms with Crippen LogP contribution in [0.15, 0.2) is 30.6 Å². The summed E-state index contributed by atoms with van der Waals surface area (Å²) in [6.45, 7) is 3.88. The number of aromatic amines is 1. The molecule has 1 saturated heterocycles. The second kappa shape index (κ2) is 9.47. The van der Waals surface area contributed by atoms with Crippen molar-refractivity contribution in [3.63, 3.8) is 0 Å². The van der Waals surface area contributed by atoms with Crippen molar-refractivity contribution in [2.45, 2.75) is 64.1 Å². The zero-order valence-electron chi connectivity index (χ0n) is 19.0. The van der Waals surface area contributed by atoms with E-state index in [4.69, 9.17) is 14.8 Å². The van der Waals surface area contributed by atoms with Gasteiger partial charge in [0.1, 0.15) is 11.6 Å². The van der Waals surface area contributed by atoms with Gasteiger partial charge < -0.3 is 19.7 Å². The van der Waals surface area contributed by atoms with Gasteiger partial charge in [0.15, 0.2) is 5.65 Å². The number of carboxylic acid groups (broad SMARTS) is 1. The number of nitrogens with one attached hydrogen (secondary N) is 1. The third-order valence-electron chi connectivity index (χ3n) is 6.90. The first-order chi connectivity index (χ1) is 16.0. The Balaban J connectivity index is 1.12. The smallest absolute Gasteiger partial charge is 0.303 e. The van der Waals surface area contributed by atoms with Crippen molar-refractivity contribution in [2.24, 2.45) is 5.92 Å². The van der Waals surface area contributed by atoms with Crippen LogP contribution < -0.4 is 4.90 Å². The Kier molecular flexibility index (Phi) is 6.26. The molecule has 5 rings (SSSR count). The van der Waals surface area contributed by atoms with Gasteiger partial charge in [-0.15, -0.1) is 0 Å². The molecule has 0 amide bonds. The summed E-state index contributed by atoms with van der Waals surface area (Å²) in [5.41, 5.74) is 3.71. The number of pyridine rings is 2. The van der Waals surface area contributed by atoms with Gasteiger partial charge in [-0.2, -0.15) is 0 Å². The van der Waals surface area contributed by atoms with Crippen LogP contribution >= 0.6 is 0 Å². The number of rotatable bonds is 6. The van der Waals surface area contributed by atoms with Crippen molar-refractivity contribution in [1.82, 2.24) is 19.9 Å². The Morgan fingerprint density at radius 2 is 1.85 bits per heavy atom. The maximum absolute atomic E-state index is 10.9. The number of piperidine rings is 1. The van der Waals surface area contributed by atoms with Gasteiger partial charge in [-0.05, 0) is 75.1 Å². The van der Waals surface area contributed by atoms with Gasteiger partial charge in [-0.25, -0.2) is 15.0 Å². The second-order valence-corrected chi connectivity index (χ2v) is 9.44. The van der Waals surface area contributed by atoms with Crippen molar-refractivity contribution in [1.29, 1.82) is 0 Å².